The SMILES string of the molecule is c1ccc2cc(-c3ccc4cc(-c5ccc6c7c(cccc57)-c5nc7ccccc7nc5-6)ccc4c3)ccc2c1. The zero-order valence-corrected chi connectivity index (χ0v) is 21.6. The lowest BCUT2D eigenvalue weighted by Crippen LogP contribution is -1.89. The largest absolute Gasteiger partial charge is 0.244 e. The molecule has 0 saturated heterocycles. The lowest BCUT2D eigenvalue weighted by Gasteiger charge is -2.11. The summed E-state index contributed by atoms with van der Waals surface area (Å²) in [6.45, 7) is 0. The summed E-state index contributed by atoms with van der Waals surface area (Å²) in [5.74, 6) is 0. The Kier molecular flexibility index (Phi) is 4.36. The lowest BCUT2D eigenvalue weighted by atomic mass is 9.92. The highest BCUT2D eigenvalue weighted by Crippen LogP contribution is 2.48. The molecule has 1 aliphatic carbocycles. The predicted molar refractivity (Wildman–Crippen MR) is 167 cm³/mol. The van der Waals surface area contributed by atoms with E-state index in [-0.39, 0.29) is 0 Å². The molecule has 7 aromatic carbocycles. The maximum Gasteiger partial charge on any atom is 0.0979 e. The van der Waals surface area contributed by atoms with Gasteiger partial charge in [-0.15, -0.1) is 0 Å². The average Bonchev–Trinajstić information content (AvgIpc) is 3.33. The number of benzene rings is 7. The topological polar surface area (TPSA) is 25.8 Å². The molecule has 1 heterocycles. The van der Waals surface area contributed by atoms with Crippen LogP contribution < -0.4 is 0 Å². The highest BCUT2D eigenvalue weighted by molar-refractivity contribution is 6.18. The van der Waals surface area contributed by atoms with E-state index in [1.807, 2.05) is 24.3 Å². The second kappa shape index (κ2) is 8.08. The van der Waals surface area contributed by atoms with E-state index < -0.39 is 0 Å². The summed E-state index contributed by atoms with van der Waals surface area (Å²) in [6, 6.07) is 48.0. The summed E-state index contributed by atoms with van der Waals surface area (Å²) in [6.07, 6.45) is 0. The first-order valence-corrected chi connectivity index (χ1v) is 13.7. The van der Waals surface area contributed by atoms with Gasteiger partial charge >= 0.3 is 0 Å². The van der Waals surface area contributed by atoms with Crippen LogP contribution in [0.2, 0.25) is 0 Å². The molecule has 0 amide bonds. The first kappa shape index (κ1) is 21.6. The molecule has 9 rings (SSSR count). The number of nitrogens with zero attached hydrogens (tertiary/aromatic N) is 2. The van der Waals surface area contributed by atoms with Gasteiger partial charge in [0.15, 0.2) is 0 Å². The minimum Gasteiger partial charge on any atom is -0.244 e. The van der Waals surface area contributed by atoms with Crippen molar-refractivity contribution < 1.29 is 0 Å². The number of rotatable bonds is 2. The van der Waals surface area contributed by atoms with Gasteiger partial charge in [-0.05, 0) is 79.5 Å². The van der Waals surface area contributed by atoms with Gasteiger partial charge in [0.2, 0.25) is 0 Å². The van der Waals surface area contributed by atoms with Crippen molar-refractivity contribution in [2.75, 3.05) is 0 Å². The summed E-state index contributed by atoms with van der Waals surface area (Å²) in [7, 11) is 0. The fourth-order valence-electron chi connectivity index (χ4n) is 6.39. The Bertz CT molecular complexity index is 2280. The normalized spacial score (nSPS) is 12.0. The number of aromatic nitrogens is 2. The van der Waals surface area contributed by atoms with Crippen LogP contribution in [0.1, 0.15) is 0 Å². The third-order valence-corrected chi connectivity index (χ3v) is 8.36. The number of hydrogen-bond acceptors (Lipinski definition) is 2. The van der Waals surface area contributed by atoms with Crippen LogP contribution in [0.4, 0.5) is 0 Å². The molecule has 0 fully saturated rings. The smallest absolute Gasteiger partial charge is 0.0979 e. The zero-order valence-electron chi connectivity index (χ0n) is 21.6. The van der Waals surface area contributed by atoms with E-state index in [2.05, 4.69) is 109 Å². The van der Waals surface area contributed by atoms with Gasteiger partial charge in [0.05, 0.1) is 22.4 Å². The van der Waals surface area contributed by atoms with Gasteiger partial charge in [-0.2, -0.15) is 0 Å². The fourth-order valence-corrected chi connectivity index (χ4v) is 6.39. The second-order valence-corrected chi connectivity index (χ2v) is 10.6. The standard InChI is InChI=1S/C38H22N2/c1-2-7-24-20-25(13-12-23(24)6-1)26-14-15-28-22-29(17-16-27(28)21-26)30-18-19-33-36-31(30)8-5-9-32(36)37-38(33)40-35-11-4-3-10-34(35)39-37/h1-22H. The van der Waals surface area contributed by atoms with E-state index in [0.717, 1.165) is 22.4 Å². The Balaban J connectivity index is 1.17. The molecule has 0 aliphatic heterocycles. The van der Waals surface area contributed by atoms with Crippen molar-refractivity contribution in [2.24, 2.45) is 0 Å². The van der Waals surface area contributed by atoms with Crippen molar-refractivity contribution in [1.29, 1.82) is 0 Å². The van der Waals surface area contributed by atoms with E-state index in [1.165, 1.54) is 65.7 Å². The molecule has 8 aromatic rings. The first-order chi connectivity index (χ1) is 19.8. The molecule has 0 spiro atoms. The van der Waals surface area contributed by atoms with Crippen molar-refractivity contribution in [3.05, 3.63) is 133 Å². The van der Waals surface area contributed by atoms with Crippen LogP contribution in [-0.4, -0.2) is 9.97 Å². The Hall–Kier alpha value is -5.34. The Labute approximate surface area is 231 Å². The summed E-state index contributed by atoms with van der Waals surface area (Å²) in [4.78, 5) is 10.1. The molecule has 0 N–H and O–H groups in total. The number of fused-ring (bicyclic) bond motifs is 6. The van der Waals surface area contributed by atoms with Crippen LogP contribution in [0.15, 0.2) is 133 Å². The molecule has 1 aliphatic rings. The van der Waals surface area contributed by atoms with Gasteiger partial charge < -0.3 is 0 Å². The van der Waals surface area contributed by atoms with E-state index in [1.54, 1.807) is 0 Å². The van der Waals surface area contributed by atoms with Gasteiger partial charge in [-0.1, -0.05) is 103 Å². The van der Waals surface area contributed by atoms with Crippen LogP contribution in [0.5, 0.6) is 0 Å². The molecular weight excluding hydrogens is 484 g/mol. The quantitative estimate of drug-likeness (QED) is 0.233. The Morgan fingerprint density at radius 1 is 0.350 bits per heavy atom. The minimum atomic E-state index is 0.934. The van der Waals surface area contributed by atoms with Gasteiger partial charge in [0, 0.05) is 16.5 Å². The monoisotopic (exact) mass is 506 g/mol. The van der Waals surface area contributed by atoms with Crippen LogP contribution in [0.3, 0.4) is 0 Å². The second-order valence-electron chi connectivity index (χ2n) is 10.6. The molecule has 0 unspecified atom stereocenters. The molecular formula is C38H22N2. The highest BCUT2D eigenvalue weighted by Gasteiger charge is 2.25. The molecule has 0 saturated carbocycles. The van der Waals surface area contributed by atoms with Gasteiger partial charge in [-0.25, -0.2) is 9.97 Å². The fraction of sp³-hybridized carbons (Fsp3) is 0. The van der Waals surface area contributed by atoms with Crippen LogP contribution in [0.25, 0.3) is 88.1 Å². The van der Waals surface area contributed by atoms with Crippen molar-refractivity contribution in [2.45, 2.75) is 0 Å². The zero-order chi connectivity index (χ0) is 26.2. The van der Waals surface area contributed by atoms with E-state index in [4.69, 9.17) is 9.97 Å². The van der Waals surface area contributed by atoms with Crippen molar-refractivity contribution in [3.8, 4) is 44.8 Å². The van der Waals surface area contributed by atoms with Gasteiger partial charge in [0.25, 0.3) is 0 Å². The summed E-state index contributed by atoms with van der Waals surface area (Å²) >= 11 is 0. The third-order valence-electron chi connectivity index (χ3n) is 8.36. The lowest BCUT2D eigenvalue weighted by molar-refractivity contribution is 1.32. The first-order valence-electron chi connectivity index (χ1n) is 13.7. The van der Waals surface area contributed by atoms with E-state index in [9.17, 15) is 0 Å². The molecule has 40 heavy (non-hydrogen) atoms. The van der Waals surface area contributed by atoms with Crippen LogP contribution >= 0.6 is 0 Å². The third kappa shape index (κ3) is 3.11. The van der Waals surface area contributed by atoms with Gasteiger partial charge in [0.1, 0.15) is 0 Å². The molecule has 2 heteroatoms. The predicted octanol–water partition coefficient (Wildman–Crippen LogP) is 10.1. The maximum absolute atomic E-state index is 5.03. The van der Waals surface area contributed by atoms with Crippen molar-refractivity contribution in [1.82, 2.24) is 9.97 Å². The summed E-state index contributed by atoms with van der Waals surface area (Å²) < 4.78 is 0. The van der Waals surface area contributed by atoms with E-state index >= 15 is 0 Å². The van der Waals surface area contributed by atoms with Crippen molar-refractivity contribution >= 4 is 43.4 Å². The molecule has 184 valence electrons. The highest BCUT2D eigenvalue weighted by atomic mass is 14.8. The average molecular weight is 507 g/mol. The molecule has 0 bridgehead atoms. The van der Waals surface area contributed by atoms with Gasteiger partial charge in [-0.3, -0.25) is 0 Å². The maximum atomic E-state index is 5.03. The molecule has 1 aromatic heterocycles. The molecule has 2 nitrogen and oxygen atoms in total. The van der Waals surface area contributed by atoms with E-state index in [0.29, 0.717) is 0 Å². The summed E-state index contributed by atoms with van der Waals surface area (Å²) in [5.41, 5.74) is 11.1. The Morgan fingerprint density at radius 3 is 1.60 bits per heavy atom. The molecule has 0 radical (unpaired) electrons. The summed E-state index contributed by atoms with van der Waals surface area (Å²) in [5, 5.41) is 7.51. The molecule has 0 atom stereocenters. The minimum absolute atomic E-state index is 0.934. The Morgan fingerprint density at radius 2 is 0.875 bits per heavy atom. The van der Waals surface area contributed by atoms with Crippen LogP contribution in [0, 0.1) is 0 Å². The van der Waals surface area contributed by atoms with Crippen LogP contribution in [-0.2, 0) is 0 Å². The number of para-hydroxylation sites is 2. The van der Waals surface area contributed by atoms with Crippen molar-refractivity contribution in [3.63, 3.8) is 0 Å². The number of hydrogen-bond donors (Lipinski definition) is 0.